The average Bonchev–Trinajstić information content (AvgIpc) is 2.43. The summed E-state index contributed by atoms with van der Waals surface area (Å²) in [4.78, 5) is 35.7. The van der Waals surface area contributed by atoms with Gasteiger partial charge in [0.15, 0.2) is 0 Å². The van der Waals surface area contributed by atoms with Gasteiger partial charge in [0, 0.05) is 26.2 Å². The van der Waals surface area contributed by atoms with E-state index in [4.69, 9.17) is 4.74 Å². The lowest BCUT2D eigenvalue weighted by molar-refractivity contribution is -0.117. The maximum atomic E-state index is 12.1. The van der Waals surface area contributed by atoms with Crippen LogP contribution >= 0.6 is 0 Å². The second-order valence-corrected chi connectivity index (χ2v) is 5.46. The lowest BCUT2D eigenvalue weighted by Gasteiger charge is -2.27. The lowest BCUT2D eigenvalue weighted by Crippen LogP contribution is -2.44. The molecule has 0 aromatic rings. The molecular weight excluding hydrogens is 286 g/mol. The average molecular weight is 311 g/mol. The molecular formula is C15H25N3O4. The quantitative estimate of drug-likeness (QED) is 0.650. The van der Waals surface area contributed by atoms with Crippen LogP contribution < -0.4 is 10.6 Å². The Bertz CT molecular complexity index is 401. The Kier molecular flexibility index (Phi) is 8.59. The van der Waals surface area contributed by atoms with E-state index in [2.05, 4.69) is 23.8 Å². The Hall–Kier alpha value is -2.31. The van der Waals surface area contributed by atoms with Gasteiger partial charge in [0.1, 0.15) is 5.60 Å². The smallest absolute Gasteiger partial charge is 0.410 e. The van der Waals surface area contributed by atoms with Crippen molar-refractivity contribution in [1.82, 2.24) is 15.5 Å². The first-order valence-corrected chi connectivity index (χ1v) is 6.98. The van der Waals surface area contributed by atoms with Crippen molar-refractivity contribution < 1.29 is 19.1 Å². The Labute approximate surface area is 131 Å². The van der Waals surface area contributed by atoms with E-state index in [0.717, 1.165) is 12.2 Å². The van der Waals surface area contributed by atoms with E-state index in [1.54, 1.807) is 20.8 Å². The van der Waals surface area contributed by atoms with Crippen LogP contribution in [0.3, 0.4) is 0 Å². The molecule has 0 rings (SSSR count). The molecule has 0 heterocycles. The van der Waals surface area contributed by atoms with Gasteiger partial charge in [0.25, 0.3) is 0 Å². The molecule has 0 atom stereocenters. The molecule has 0 radical (unpaired) electrons. The van der Waals surface area contributed by atoms with Crippen LogP contribution in [0.2, 0.25) is 0 Å². The highest BCUT2D eigenvalue weighted by Gasteiger charge is 2.21. The molecule has 0 aliphatic rings. The zero-order valence-electron chi connectivity index (χ0n) is 13.5. The summed E-state index contributed by atoms with van der Waals surface area (Å²) in [6.45, 7) is 13.0. The van der Waals surface area contributed by atoms with Gasteiger partial charge in [0.2, 0.25) is 11.8 Å². The molecule has 2 N–H and O–H groups in total. The van der Waals surface area contributed by atoms with Gasteiger partial charge in [-0.05, 0) is 32.9 Å². The van der Waals surface area contributed by atoms with E-state index >= 15 is 0 Å². The summed E-state index contributed by atoms with van der Waals surface area (Å²) < 4.78 is 5.29. The summed E-state index contributed by atoms with van der Waals surface area (Å²) in [7, 11) is 0. The highest BCUT2D eigenvalue weighted by atomic mass is 16.6. The summed E-state index contributed by atoms with van der Waals surface area (Å²) in [6.07, 6.45) is 1.80. The number of nitrogens with zero attached hydrogens (tertiary/aromatic N) is 1. The minimum Gasteiger partial charge on any atom is -0.444 e. The number of hydrogen-bond acceptors (Lipinski definition) is 4. The number of carbonyl (C=O) groups is 3. The Morgan fingerprint density at radius 2 is 1.41 bits per heavy atom. The van der Waals surface area contributed by atoms with Crippen molar-refractivity contribution >= 4 is 17.9 Å². The summed E-state index contributed by atoms with van der Waals surface area (Å²) in [5, 5.41) is 5.16. The SMILES string of the molecule is C=CC(=O)NCCN(CCNC(=O)C=C)C(=O)OC(C)(C)C. The Morgan fingerprint density at radius 3 is 1.73 bits per heavy atom. The summed E-state index contributed by atoms with van der Waals surface area (Å²) in [6, 6.07) is 0. The molecule has 7 nitrogen and oxygen atoms in total. The van der Waals surface area contributed by atoms with Crippen molar-refractivity contribution in [2.75, 3.05) is 26.2 Å². The van der Waals surface area contributed by atoms with Crippen LogP contribution in [-0.2, 0) is 14.3 Å². The first-order valence-electron chi connectivity index (χ1n) is 6.98. The maximum absolute atomic E-state index is 12.1. The first-order chi connectivity index (χ1) is 10.2. The maximum Gasteiger partial charge on any atom is 0.410 e. The third-order valence-electron chi connectivity index (χ3n) is 2.38. The van der Waals surface area contributed by atoms with E-state index < -0.39 is 11.7 Å². The minimum atomic E-state index is -0.621. The van der Waals surface area contributed by atoms with E-state index in [1.165, 1.54) is 4.90 Å². The normalized spacial score (nSPS) is 10.3. The van der Waals surface area contributed by atoms with E-state index in [-0.39, 0.29) is 38.0 Å². The highest BCUT2D eigenvalue weighted by molar-refractivity contribution is 5.87. The van der Waals surface area contributed by atoms with Crippen LogP contribution in [0.25, 0.3) is 0 Å². The zero-order chi connectivity index (χ0) is 17.2. The molecule has 0 aliphatic carbocycles. The van der Waals surface area contributed by atoms with E-state index in [1.807, 2.05) is 0 Å². The zero-order valence-corrected chi connectivity index (χ0v) is 13.5. The topological polar surface area (TPSA) is 87.7 Å². The number of nitrogens with one attached hydrogen (secondary N) is 2. The van der Waals surface area contributed by atoms with Crippen molar-refractivity contribution in [1.29, 1.82) is 0 Å². The van der Waals surface area contributed by atoms with Crippen molar-refractivity contribution in [3.63, 3.8) is 0 Å². The fraction of sp³-hybridized carbons (Fsp3) is 0.533. The molecule has 0 aliphatic heterocycles. The van der Waals surface area contributed by atoms with Crippen LogP contribution in [0, 0.1) is 0 Å². The monoisotopic (exact) mass is 311 g/mol. The van der Waals surface area contributed by atoms with Crippen LogP contribution in [0.1, 0.15) is 20.8 Å². The molecule has 3 amide bonds. The summed E-state index contributed by atoms with van der Waals surface area (Å²) >= 11 is 0. The van der Waals surface area contributed by atoms with Gasteiger partial charge in [-0.3, -0.25) is 9.59 Å². The molecule has 7 heteroatoms. The molecule has 0 unspecified atom stereocenters. The van der Waals surface area contributed by atoms with Gasteiger partial charge in [-0.15, -0.1) is 0 Å². The summed E-state index contributed by atoms with van der Waals surface area (Å²) in [5.74, 6) is -0.631. The predicted molar refractivity (Wildman–Crippen MR) is 84.2 cm³/mol. The van der Waals surface area contributed by atoms with Crippen molar-refractivity contribution in [2.45, 2.75) is 26.4 Å². The molecule has 0 fully saturated rings. The number of amides is 3. The second kappa shape index (κ2) is 9.59. The van der Waals surface area contributed by atoms with E-state index in [9.17, 15) is 14.4 Å². The van der Waals surface area contributed by atoms with Crippen molar-refractivity contribution in [2.24, 2.45) is 0 Å². The van der Waals surface area contributed by atoms with Crippen molar-refractivity contribution in [3.05, 3.63) is 25.3 Å². The predicted octanol–water partition coefficient (Wildman–Crippen LogP) is 0.828. The Morgan fingerprint density at radius 1 is 1.00 bits per heavy atom. The fourth-order valence-electron chi connectivity index (χ4n) is 1.39. The molecule has 0 aromatic carbocycles. The fourth-order valence-corrected chi connectivity index (χ4v) is 1.39. The lowest BCUT2D eigenvalue weighted by atomic mass is 10.2. The molecule has 124 valence electrons. The van der Waals surface area contributed by atoms with Gasteiger partial charge < -0.3 is 20.3 Å². The highest BCUT2D eigenvalue weighted by Crippen LogP contribution is 2.09. The molecule has 22 heavy (non-hydrogen) atoms. The molecule has 0 aromatic heterocycles. The third-order valence-corrected chi connectivity index (χ3v) is 2.38. The minimum absolute atomic E-state index is 0.262. The molecule has 0 spiro atoms. The van der Waals surface area contributed by atoms with Gasteiger partial charge >= 0.3 is 6.09 Å². The summed E-state index contributed by atoms with van der Waals surface area (Å²) in [5.41, 5.74) is -0.621. The van der Waals surface area contributed by atoms with Crippen molar-refractivity contribution in [3.8, 4) is 0 Å². The van der Waals surface area contributed by atoms with Crippen LogP contribution in [0.5, 0.6) is 0 Å². The van der Waals surface area contributed by atoms with Crippen LogP contribution in [0.15, 0.2) is 25.3 Å². The third kappa shape index (κ3) is 9.57. The van der Waals surface area contributed by atoms with Crippen LogP contribution in [-0.4, -0.2) is 54.6 Å². The van der Waals surface area contributed by atoms with Gasteiger partial charge in [-0.1, -0.05) is 13.2 Å². The number of ether oxygens (including phenoxy) is 1. The number of hydrogen-bond donors (Lipinski definition) is 2. The number of rotatable bonds is 8. The van der Waals surface area contributed by atoms with Gasteiger partial charge in [0.05, 0.1) is 0 Å². The molecule has 0 bridgehead atoms. The standard InChI is InChI=1S/C15H25N3O4/c1-6-12(19)16-8-10-18(11-9-17-13(20)7-2)14(21)22-15(3,4)5/h6-7H,1-2,8-11H2,3-5H3,(H,16,19)(H,17,20). The Balaban J connectivity index is 4.50. The van der Waals surface area contributed by atoms with E-state index in [0.29, 0.717) is 0 Å². The van der Waals surface area contributed by atoms with Crippen LogP contribution in [0.4, 0.5) is 4.79 Å². The van der Waals surface area contributed by atoms with Gasteiger partial charge in [-0.25, -0.2) is 4.79 Å². The molecule has 0 saturated carbocycles. The molecule has 0 saturated heterocycles. The number of carbonyl (C=O) groups excluding carboxylic acids is 3. The first kappa shape index (κ1) is 19.7. The van der Waals surface area contributed by atoms with Gasteiger partial charge in [-0.2, -0.15) is 0 Å². The largest absolute Gasteiger partial charge is 0.444 e. The second-order valence-electron chi connectivity index (χ2n) is 5.46.